The van der Waals surface area contributed by atoms with Crippen molar-refractivity contribution in [2.24, 2.45) is 0 Å². The molecule has 0 saturated carbocycles. The van der Waals surface area contributed by atoms with Crippen LogP contribution < -0.4 is 4.74 Å². The van der Waals surface area contributed by atoms with E-state index in [-0.39, 0.29) is 0 Å². The maximum atomic E-state index is 10.6. The van der Waals surface area contributed by atoms with E-state index in [4.69, 9.17) is 9.47 Å². The standard InChI is InChI=1S/C13H18O3/c1-2-16-12-6-4-3-5-11(12)13(14)7-9-15-10-8-13/h3-6,14H,2,7-10H2,1H3. The van der Waals surface area contributed by atoms with Gasteiger partial charge in [0.05, 0.1) is 12.2 Å². The number of ether oxygens (including phenoxy) is 2. The zero-order valence-electron chi connectivity index (χ0n) is 9.61. The Hall–Kier alpha value is -1.06. The number of rotatable bonds is 3. The number of hydrogen-bond acceptors (Lipinski definition) is 3. The van der Waals surface area contributed by atoms with Gasteiger partial charge in [-0.15, -0.1) is 0 Å². The van der Waals surface area contributed by atoms with Gasteiger partial charge in [0.2, 0.25) is 0 Å². The Labute approximate surface area is 96.0 Å². The Morgan fingerprint density at radius 3 is 2.69 bits per heavy atom. The van der Waals surface area contributed by atoms with Crippen LogP contribution in [0.1, 0.15) is 25.3 Å². The van der Waals surface area contributed by atoms with Crippen LogP contribution >= 0.6 is 0 Å². The van der Waals surface area contributed by atoms with Gasteiger partial charge < -0.3 is 14.6 Å². The van der Waals surface area contributed by atoms with E-state index in [1.54, 1.807) is 0 Å². The average molecular weight is 222 g/mol. The Morgan fingerprint density at radius 2 is 2.00 bits per heavy atom. The molecule has 0 radical (unpaired) electrons. The molecule has 1 heterocycles. The highest BCUT2D eigenvalue weighted by Crippen LogP contribution is 2.37. The summed E-state index contributed by atoms with van der Waals surface area (Å²) in [6, 6.07) is 7.71. The predicted molar refractivity (Wildman–Crippen MR) is 61.6 cm³/mol. The van der Waals surface area contributed by atoms with Crippen LogP contribution in [0, 0.1) is 0 Å². The second-order valence-electron chi connectivity index (χ2n) is 4.07. The Bertz CT molecular complexity index is 343. The molecule has 88 valence electrons. The van der Waals surface area contributed by atoms with Crippen LogP contribution in [0.25, 0.3) is 0 Å². The zero-order chi connectivity index (χ0) is 11.4. The van der Waals surface area contributed by atoms with Crippen LogP contribution in [0.4, 0.5) is 0 Å². The van der Waals surface area contributed by atoms with Crippen molar-refractivity contribution >= 4 is 0 Å². The quantitative estimate of drug-likeness (QED) is 0.851. The summed E-state index contributed by atoms with van der Waals surface area (Å²) < 4.78 is 10.8. The number of benzene rings is 1. The summed E-state index contributed by atoms with van der Waals surface area (Å²) in [4.78, 5) is 0. The second kappa shape index (κ2) is 4.85. The maximum Gasteiger partial charge on any atom is 0.125 e. The van der Waals surface area contributed by atoms with Gasteiger partial charge in [0.15, 0.2) is 0 Å². The molecular weight excluding hydrogens is 204 g/mol. The summed E-state index contributed by atoms with van der Waals surface area (Å²) in [5, 5.41) is 10.6. The minimum absolute atomic E-state index is 0.608. The van der Waals surface area contributed by atoms with Gasteiger partial charge in [-0.05, 0) is 13.0 Å². The molecule has 1 aromatic rings. The van der Waals surface area contributed by atoms with E-state index < -0.39 is 5.60 Å². The van der Waals surface area contributed by atoms with E-state index in [9.17, 15) is 5.11 Å². The van der Waals surface area contributed by atoms with Crippen LogP contribution in [0.5, 0.6) is 5.75 Å². The van der Waals surface area contributed by atoms with E-state index in [0.717, 1.165) is 11.3 Å². The van der Waals surface area contributed by atoms with Gasteiger partial charge in [0, 0.05) is 31.6 Å². The van der Waals surface area contributed by atoms with Gasteiger partial charge in [-0.2, -0.15) is 0 Å². The van der Waals surface area contributed by atoms with E-state index in [0.29, 0.717) is 32.7 Å². The lowest BCUT2D eigenvalue weighted by atomic mass is 9.86. The van der Waals surface area contributed by atoms with Crippen molar-refractivity contribution in [1.29, 1.82) is 0 Å². The minimum Gasteiger partial charge on any atom is -0.493 e. The van der Waals surface area contributed by atoms with Crippen molar-refractivity contribution in [3.05, 3.63) is 29.8 Å². The van der Waals surface area contributed by atoms with Crippen LogP contribution in [-0.2, 0) is 10.3 Å². The molecule has 3 heteroatoms. The fourth-order valence-electron chi connectivity index (χ4n) is 2.11. The monoisotopic (exact) mass is 222 g/mol. The molecule has 3 nitrogen and oxygen atoms in total. The molecule has 0 spiro atoms. The first-order valence-electron chi connectivity index (χ1n) is 5.79. The molecule has 0 atom stereocenters. The smallest absolute Gasteiger partial charge is 0.125 e. The minimum atomic E-state index is -0.788. The third kappa shape index (κ3) is 2.20. The van der Waals surface area contributed by atoms with E-state index in [1.807, 2.05) is 31.2 Å². The van der Waals surface area contributed by atoms with Gasteiger partial charge in [0.1, 0.15) is 5.75 Å². The Kier molecular flexibility index (Phi) is 3.46. The van der Waals surface area contributed by atoms with Crippen LogP contribution in [0.2, 0.25) is 0 Å². The fourth-order valence-corrected chi connectivity index (χ4v) is 2.11. The molecule has 1 aliphatic rings. The lowest BCUT2D eigenvalue weighted by Crippen LogP contribution is -2.33. The number of aliphatic hydroxyl groups is 1. The molecule has 0 amide bonds. The lowest BCUT2D eigenvalue weighted by molar-refractivity contribution is -0.0691. The Morgan fingerprint density at radius 1 is 1.31 bits per heavy atom. The molecule has 0 bridgehead atoms. The third-order valence-electron chi connectivity index (χ3n) is 3.01. The van der Waals surface area contributed by atoms with Crippen molar-refractivity contribution in [2.75, 3.05) is 19.8 Å². The van der Waals surface area contributed by atoms with Gasteiger partial charge in [-0.1, -0.05) is 18.2 Å². The van der Waals surface area contributed by atoms with Crippen molar-refractivity contribution in [1.82, 2.24) is 0 Å². The van der Waals surface area contributed by atoms with E-state index in [2.05, 4.69) is 0 Å². The first-order chi connectivity index (χ1) is 7.76. The molecule has 1 saturated heterocycles. The molecule has 1 aliphatic heterocycles. The normalized spacial score (nSPS) is 19.4. The van der Waals surface area contributed by atoms with Crippen LogP contribution in [0.15, 0.2) is 24.3 Å². The van der Waals surface area contributed by atoms with E-state index >= 15 is 0 Å². The van der Waals surface area contributed by atoms with E-state index in [1.165, 1.54) is 0 Å². The molecule has 16 heavy (non-hydrogen) atoms. The van der Waals surface area contributed by atoms with Crippen molar-refractivity contribution in [3.8, 4) is 5.75 Å². The maximum absolute atomic E-state index is 10.6. The summed E-state index contributed by atoms with van der Waals surface area (Å²) in [5.74, 6) is 0.786. The van der Waals surface area contributed by atoms with Crippen LogP contribution in [0.3, 0.4) is 0 Å². The van der Waals surface area contributed by atoms with Crippen molar-refractivity contribution < 1.29 is 14.6 Å². The predicted octanol–water partition coefficient (Wildman–Crippen LogP) is 2.08. The fraction of sp³-hybridized carbons (Fsp3) is 0.538. The molecule has 2 rings (SSSR count). The van der Waals surface area contributed by atoms with Crippen molar-refractivity contribution in [2.45, 2.75) is 25.4 Å². The summed E-state index contributed by atoms with van der Waals surface area (Å²) in [6.45, 7) is 3.78. The highest BCUT2D eigenvalue weighted by Gasteiger charge is 2.34. The molecular formula is C13H18O3. The average Bonchev–Trinajstić information content (AvgIpc) is 2.31. The lowest BCUT2D eigenvalue weighted by Gasteiger charge is -2.33. The number of para-hydroxylation sites is 1. The first kappa shape index (κ1) is 11.4. The summed E-state index contributed by atoms with van der Waals surface area (Å²) in [7, 11) is 0. The first-order valence-corrected chi connectivity index (χ1v) is 5.79. The number of hydrogen-bond donors (Lipinski definition) is 1. The SMILES string of the molecule is CCOc1ccccc1C1(O)CCOCC1. The van der Waals surface area contributed by atoms with Crippen molar-refractivity contribution in [3.63, 3.8) is 0 Å². The molecule has 0 unspecified atom stereocenters. The highest BCUT2D eigenvalue weighted by atomic mass is 16.5. The van der Waals surface area contributed by atoms with Gasteiger partial charge in [0.25, 0.3) is 0 Å². The largest absolute Gasteiger partial charge is 0.493 e. The van der Waals surface area contributed by atoms with Gasteiger partial charge >= 0.3 is 0 Å². The topological polar surface area (TPSA) is 38.7 Å². The molecule has 0 aromatic heterocycles. The molecule has 1 N–H and O–H groups in total. The van der Waals surface area contributed by atoms with Gasteiger partial charge in [-0.25, -0.2) is 0 Å². The molecule has 0 aliphatic carbocycles. The van der Waals surface area contributed by atoms with Crippen LogP contribution in [-0.4, -0.2) is 24.9 Å². The highest BCUT2D eigenvalue weighted by molar-refractivity contribution is 5.38. The summed E-state index contributed by atoms with van der Waals surface area (Å²) in [6.07, 6.45) is 1.27. The summed E-state index contributed by atoms with van der Waals surface area (Å²) in [5.41, 5.74) is 0.101. The molecule has 1 aromatic carbocycles. The Balaban J connectivity index is 2.30. The zero-order valence-corrected chi connectivity index (χ0v) is 9.61. The molecule has 1 fully saturated rings. The third-order valence-corrected chi connectivity index (χ3v) is 3.01. The second-order valence-corrected chi connectivity index (χ2v) is 4.07. The van der Waals surface area contributed by atoms with Gasteiger partial charge in [-0.3, -0.25) is 0 Å². The summed E-state index contributed by atoms with van der Waals surface area (Å²) >= 11 is 0.